The Hall–Kier alpha value is -1.46. The second-order valence-electron chi connectivity index (χ2n) is 8.07. The van der Waals surface area contributed by atoms with Crippen LogP contribution in [0.4, 0.5) is 9.59 Å². The van der Waals surface area contributed by atoms with E-state index < -0.39 is 0 Å². The first-order valence-electron chi connectivity index (χ1n) is 9.56. The molecule has 0 aromatic carbocycles. The van der Waals surface area contributed by atoms with Gasteiger partial charge in [0.05, 0.1) is 0 Å². The zero-order valence-corrected chi connectivity index (χ0v) is 16.5. The van der Waals surface area contributed by atoms with Crippen molar-refractivity contribution in [3.05, 3.63) is 5.92 Å². The third-order valence-electron chi connectivity index (χ3n) is 5.87. The molecule has 0 bridgehead atoms. The number of carbonyl (C=O) groups excluding carboxylic acids is 2. The third-order valence-corrected chi connectivity index (χ3v) is 5.87. The molecule has 1 N–H and O–H groups in total. The molecule has 0 spiro atoms. The molecule has 1 radical (unpaired) electrons. The first-order chi connectivity index (χ1) is 11.8. The molecule has 0 saturated heterocycles. The van der Waals surface area contributed by atoms with E-state index in [1.165, 1.54) is 12.8 Å². The third kappa shape index (κ3) is 5.25. The summed E-state index contributed by atoms with van der Waals surface area (Å²) in [4.78, 5) is 29.0. The molecule has 0 aromatic heterocycles. The summed E-state index contributed by atoms with van der Waals surface area (Å²) in [6.45, 7) is 0. The summed E-state index contributed by atoms with van der Waals surface area (Å²) in [5.41, 5.74) is 0. The summed E-state index contributed by atoms with van der Waals surface area (Å²) in [6, 6.07) is 0.817. The predicted octanol–water partition coefficient (Wildman–Crippen LogP) is 2.95. The fraction of sp³-hybridized carbons (Fsp3) is 0.842. The first kappa shape index (κ1) is 19.9. The lowest BCUT2D eigenvalue weighted by Gasteiger charge is -2.40. The summed E-state index contributed by atoms with van der Waals surface area (Å²) >= 11 is 0. The molecule has 2 saturated carbocycles. The van der Waals surface area contributed by atoms with E-state index in [1.807, 2.05) is 26.0 Å². The maximum Gasteiger partial charge on any atom is 0.319 e. The molecule has 0 aliphatic heterocycles. The second kappa shape index (κ2) is 8.77. The Kier molecular flexibility index (Phi) is 6.96. The van der Waals surface area contributed by atoms with Crippen molar-refractivity contribution in [2.24, 2.45) is 5.92 Å². The molecule has 6 nitrogen and oxygen atoms in total. The minimum absolute atomic E-state index is 0.0163. The number of nitrogens with one attached hydrogen (secondary N) is 1. The average Bonchev–Trinajstić information content (AvgIpc) is 2.61. The molecular formula is C19H35N4O2. The van der Waals surface area contributed by atoms with E-state index in [9.17, 15) is 9.59 Å². The SMILES string of the molecule is CN(C)C(=O)NC1CC[C]([C@H]2CC[C@H](N(C)C(=O)N(C)C)CC2)CC1. The lowest BCUT2D eigenvalue weighted by molar-refractivity contribution is 0.139. The van der Waals surface area contributed by atoms with Gasteiger partial charge in [-0.05, 0) is 63.2 Å². The number of hydrogen-bond acceptors (Lipinski definition) is 2. The fourth-order valence-corrected chi connectivity index (χ4v) is 4.19. The highest BCUT2D eigenvalue weighted by Gasteiger charge is 2.33. The van der Waals surface area contributed by atoms with E-state index in [4.69, 9.17) is 0 Å². The van der Waals surface area contributed by atoms with E-state index in [1.54, 1.807) is 29.8 Å². The second-order valence-corrected chi connectivity index (χ2v) is 8.07. The average molecular weight is 352 g/mol. The van der Waals surface area contributed by atoms with Gasteiger partial charge in [-0.15, -0.1) is 0 Å². The Morgan fingerprint density at radius 1 is 0.840 bits per heavy atom. The fourth-order valence-electron chi connectivity index (χ4n) is 4.19. The van der Waals surface area contributed by atoms with Gasteiger partial charge in [-0.1, -0.05) is 0 Å². The first-order valence-corrected chi connectivity index (χ1v) is 9.56. The summed E-state index contributed by atoms with van der Waals surface area (Å²) in [7, 11) is 9.12. The molecule has 0 atom stereocenters. The van der Waals surface area contributed by atoms with Crippen LogP contribution in [0, 0.1) is 11.8 Å². The van der Waals surface area contributed by atoms with Gasteiger partial charge in [0.15, 0.2) is 0 Å². The van der Waals surface area contributed by atoms with E-state index in [0.29, 0.717) is 18.0 Å². The molecular weight excluding hydrogens is 316 g/mol. The minimum Gasteiger partial charge on any atom is -0.335 e. The van der Waals surface area contributed by atoms with Gasteiger partial charge in [0.2, 0.25) is 0 Å². The normalized spacial score (nSPS) is 25.3. The number of urea groups is 2. The Labute approximate surface area is 152 Å². The number of carbonyl (C=O) groups is 2. The van der Waals surface area contributed by atoms with Crippen molar-refractivity contribution >= 4 is 12.1 Å². The van der Waals surface area contributed by atoms with Crippen molar-refractivity contribution in [2.45, 2.75) is 63.5 Å². The molecule has 143 valence electrons. The zero-order valence-electron chi connectivity index (χ0n) is 16.5. The van der Waals surface area contributed by atoms with Crippen LogP contribution in [-0.4, -0.2) is 74.1 Å². The van der Waals surface area contributed by atoms with Crippen molar-refractivity contribution in [2.75, 3.05) is 35.2 Å². The van der Waals surface area contributed by atoms with Crippen LogP contribution in [0.15, 0.2) is 0 Å². The predicted molar refractivity (Wildman–Crippen MR) is 100 cm³/mol. The standard InChI is InChI=1S/C19H35N4O2/c1-21(2)18(24)20-16-10-6-14(7-11-16)15-8-12-17(13-9-15)23(5)19(25)22(3)4/h15-17H,6-13H2,1-5H3,(H,20,24)/t15-,17-. The summed E-state index contributed by atoms with van der Waals surface area (Å²) in [5, 5.41) is 3.11. The van der Waals surface area contributed by atoms with Crippen molar-refractivity contribution in [3.8, 4) is 0 Å². The van der Waals surface area contributed by atoms with Crippen LogP contribution < -0.4 is 5.32 Å². The van der Waals surface area contributed by atoms with Gasteiger partial charge in [0.25, 0.3) is 0 Å². The number of nitrogens with zero attached hydrogens (tertiary/aromatic N) is 3. The van der Waals surface area contributed by atoms with Crippen molar-refractivity contribution in [1.29, 1.82) is 0 Å². The van der Waals surface area contributed by atoms with Crippen LogP contribution in [0.1, 0.15) is 51.4 Å². The molecule has 2 fully saturated rings. The van der Waals surface area contributed by atoms with Gasteiger partial charge in [0, 0.05) is 47.3 Å². The van der Waals surface area contributed by atoms with Crippen LogP contribution in [-0.2, 0) is 0 Å². The molecule has 6 heteroatoms. The summed E-state index contributed by atoms with van der Waals surface area (Å²) in [5.74, 6) is 2.40. The number of rotatable bonds is 3. The molecule has 0 aromatic rings. The molecule has 0 unspecified atom stereocenters. The van der Waals surface area contributed by atoms with Crippen LogP contribution in [0.25, 0.3) is 0 Å². The molecule has 0 heterocycles. The van der Waals surface area contributed by atoms with Crippen molar-refractivity contribution in [3.63, 3.8) is 0 Å². The topological polar surface area (TPSA) is 55.9 Å². The summed E-state index contributed by atoms with van der Waals surface area (Å²) < 4.78 is 0. The smallest absolute Gasteiger partial charge is 0.319 e. The van der Waals surface area contributed by atoms with E-state index in [-0.39, 0.29) is 12.1 Å². The van der Waals surface area contributed by atoms with E-state index in [2.05, 4.69) is 5.32 Å². The van der Waals surface area contributed by atoms with Gasteiger partial charge in [-0.3, -0.25) is 0 Å². The Balaban J connectivity index is 1.73. The Morgan fingerprint density at radius 2 is 1.40 bits per heavy atom. The highest BCUT2D eigenvalue weighted by atomic mass is 16.2. The highest BCUT2D eigenvalue weighted by molar-refractivity contribution is 5.74. The minimum atomic E-state index is 0.0163. The van der Waals surface area contributed by atoms with Gasteiger partial charge >= 0.3 is 12.1 Å². The maximum atomic E-state index is 12.1. The quantitative estimate of drug-likeness (QED) is 0.850. The molecule has 4 amide bonds. The largest absolute Gasteiger partial charge is 0.335 e. The zero-order chi connectivity index (χ0) is 18.6. The van der Waals surface area contributed by atoms with Crippen LogP contribution in [0.5, 0.6) is 0 Å². The monoisotopic (exact) mass is 351 g/mol. The maximum absolute atomic E-state index is 12.1. The molecule has 25 heavy (non-hydrogen) atoms. The Bertz CT molecular complexity index is 450. The van der Waals surface area contributed by atoms with Gasteiger partial charge < -0.3 is 20.0 Å². The summed E-state index contributed by atoms with van der Waals surface area (Å²) in [6.07, 6.45) is 9.00. The van der Waals surface area contributed by atoms with Crippen LogP contribution in [0.3, 0.4) is 0 Å². The van der Waals surface area contributed by atoms with Crippen molar-refractivity contribution in [1.82, 2.24) is 20.0 Å². The van der Waals surface area contributed by atoms with Gasteiger partial charge in [-0.25, -0.2) is 9.59 Å². The highest BCUT2D eigenvalue weighted by Crippen LogP contribution is 2.40. The Morgan fingerprint density at radius 3 is 1.88 bits per heavy atom. The van der Waals surface area contributed by atoms with E-state index >= 15 is 0 Å². The van der Waals surface area contributed by atoms with Gasteiger partial charge in [-0.2, -0.15) is 0 Å². The number of amides is 4. The lowest BCUT2D eigenvalue weighted by Crippen LogP contribution is -2.45. The van der Waals surface area contributed by atoms with Crippen molar-refractivity contribution < 1.29 is 9.59 Å². The molecule has 2 rings (SSSR count). The lowest BCUT2D eigenvalue weighted by atomic mass is 9.71. The van der Waals surface area contributed by atoms with Crippen LogP contribution >= 0.6 is 0 Å². The van der Waals surface area contributed by atoms with Crippen LogP contribution in [0.2, 0.25) is 0 Å². The molecule has 2 aliphatic rings. The van der Waals surface area contributed by atoms with E-state index in [0.717, 1.165) is 38.5 Å². The van der Waals surface area contributed by atoms with Gasteiger partial charge in [0.1, 0.15) is 0 Å². The number of hydrogen-bond donors (Lipinski definition) is 1. The molecule has 2 aliphatic carbocycles.